The predicted molar refractivity (Wildman–Crippen MR) is 83.1 cm³/mol. The number of hydrogen-bond acceptors (Lipinski definition) is 3. The molecule has 2 fully saturated rings. The summed E-state index contributed by atoms with van der Waals surface area (Å²) >= 11 is 0. The van der Waals surface area contributed by atoms with Crippen molar-refractivity contribution in [2.45, 2.75) is 31.5 Å². The molecule has 2 saturated heterocycles. The minimum atomic E-state index is -2.38. The monoisotopic (exact) mass is 405 g/mol. The van der Waals surface area contributed by atoms with Crippen molar-refractivity contribution in [2.24, 2.45) is 4.99 Å². The number of alkyl halides is 2. The molecule has 0 saturated carbocycles. The quantitative estimate of drug-likeness (QED) is 0.437. The summed E-state index contributed by atoms with van der Waals surface area (Å²) in [6.45, 7) is 2.26. The van der Waals surface area contributed by atoms with Crippen molar-refractivity contribution >= 4 is 29.9 Å². The molecule has 118 valence electrons. The van der Waals surface area contributed by atoms with E-state index in [1.165, 1.54) is 0 Å². The van der Waals surface area contributed by atoms with Crippen molar-refractivity contribution in [2.75, 3.05) is 39.9 Å². The highest BCUT2D eigenvalue weighted by molar-refractivity contribution is 14.0. The molecule has 0 spiro atoms. The molecule has 2 unspecified atom stereocenters. The van der Waals surface area contributed by atoms with Crippen LogP contribution in [0.1, 0.15) is 12.8 Å². The van der Waals surface area contributed by atoms with Gasteiger partial charge < -0.3 is 19.7 Å². The lowest BCUT2D eigenvalue weighted by molar-refractivity contribution is -0.0817. The van der Waals surface area contributed by atoms with Gasteiger partial charge >= 0.3 is 0 Å². The standard InChI is InChI=1S/C12H21F2N3O2.HI/c1-15-12(16-7-11(13)14)17-4-6-19-10(8-17)9-3-2-5-18-9;/h9-11H,2-8H2,1H3,(H,15,16);1H. The Hall–Kier alpha value is -0.220. The second-order valence-electron chi connectivity index (χ2n) is 4.73. The molecular weight excluding hydrogens is 383 g/mol. The Kier molecular flexibility index (Phi) is 7.96. The molecule has 8 heteroatoms. The number of rotatable bonds is 3. The van der Waals surface area contributed by atoms with Crippen LogP contribution >= 0.6 is 24.0 Å². The maximum Gasteiger partial charge on any atom is 0.255 e. The topological polar surface area (TPSA) is 46.1 Å². The lowest BCUT2D eigenvalue weighted by Gasteiger charge is -2.37. The largest absolute Gasteiger partial charge is 0.375 e. The van der Waals surface area contributed by atoms with Gasteiger partial charge in [-0.1, -0.05) is 0 Å². The van der Waals surface area contributed by atoms with Crippen molar-refractivity contribution in [1.82, 2.24) is 10.2 Å². The Bertz CT molecular complexity index is 315. The number of aliphatic imine (C=N–C) groups is 1. The van der Waals surface area contributed by atoms with E-state index in [9.17, 15) is 8.78 Å². The molecule has 2 heterocycles. The summed E-state index contributed by atoms with van der Waals surface area (Å²) in [7, 11) is 1.60. The zero-order valence-corrected chi connectivity index (χ0v) is 13.9. The van der Waals surface area contributed by atoms with Crippen LogP contribution in [0.15, 0.2) is 4.99 Å². The molecule has 20 heavy (non-hydrogen) atoms. The second kappa shape index (κ2) is 8.93. The van der Waals surface area contributed by atoms with Crippen LogP contribution in [-0.2, 0) is 9.47 Å². The minimum absolute atomic E-state index is 0. The van der Waals surface area contributed by atoms with Gasteiger partial charge in [-0.05, 0) is 12.8 Å². The highest BCUT2D eigenvalue weighted by Crippen LogP contribution is 2.20. The van der Waals surface area contributed by atoms with Crippen molar-refractivity contribution in [3.05, 3.63) is 0 Å². The zero-order chi connectivity index (χ0) is 13.7. The molecule has 0 radical (unpaired) electrons. The van der Waals surface area contributed by atoms with Crippen molar-refractivity contribution < 1.29 is 18.3 Å². The molecule has 0 amide bonds. The predicted octanol–water partition coefficient (Wildman–Crippen LogP) is 1.32. The highest BCUT2D eigenvalue weighted by Gasteiger charge is 2.32. The van der Waals surface area contributed by atoms with Gasteiger partial charge in [0.15, 0.2) is 5.96 Å². The van der Waals surface area contributed by atoms with E-state index in [0.29, 0.717) is 25.7 Å². The summed E-state index contributed by atoms with van der Waals surface area (Å²) < 4.78 is 35.8. The van der Waals surface area contributed by atoms with Crippen LogP contribution < -0.4 is 5.32 Å². The molecule has 1 N–H and O–H groups in total. The Labute approximate surface area is 135 Å². The van der Waals surface area contributed by atoms with Crippen LogP contribution in [-0.4, -0.2) is 69.4 Å². The van der Waals surface area contributed by atoms with Gasteiger partial charge in [-0.25, -0.2) is 8.78 Å². The highest BCUT2D eigenvalue weighted by atomic mass is 127. The molecule has 2 aliphatic rings. The Morgan fingerprint density at radius 2 is 2.10 bits per heavy atom. The normalized spacial score (nSPS) is 27.6. The van der Waals surface area contributed by atoms with Crippen LogP contribution in [0.3, 0.4) is 0 Å². The first-order valence-corrected chi connectivity index (χ1v) is 6.67. The maximum absolute atomic E-state index is 12.2. The molecule has 2 rings (SSSR count). The van der Waals surface area contributed by atoms with Crippen molar-refractivity contribution in [1.29, 1.82) is 0 Å². The molecule has 0 bridgehead atoms. The number of ether oxygens (including phenoxy) is 2. The van der Waals surface area contributed by atoms with Crippen LogP contribution in [0.4, 0.5) is 8.78 Å². The fraction of sp³-hybridized carbons (Fsp3) is 0.917. The third kappa shape index (κ3) is 4.96. The minimum Gasteiger partial charge on any atom is -0.375 e. The van der Waals surface area contributed by atoms with E-state index in [-0.39, 0.29) is 42.7 Å². The molecule has 2 aliphatic heterocycles. The summed E-state index contributed by atoms with van der Waals surface area (Å²) in [6.07, 6.45) is -0.200. The average molecular weight is 405 g/mol. The van der Waals surface area contributed by atoms with E-state index in [4.69, 9.17) is 9.47 Å². The van der Waals surface area contributed by atoms with E-state index in [0.717, 1.165) is 19.4 Å². The van der Waals surface area contributed by atoms with Gasteiger partial charge in [-0.2, -0.15) is 0 Å². The molecule has 0 aromatic rings. The van der Waals surface area contributed by atoms with Gasteiger partial charge in [0.1, 0.15) is 6.10 Å². The molecule has 0 aliphatic carbocycles. The zero-order valence-electron chi connectivity index (χ0n) is 11.6. The summed E-state index contributed by atoms with van der Waals surface area (Å²) in [6, 6.07) is 0. The number of hydrogen-bond donors (Lipinski definition) is 1. The Balaban J connectivity index is 0.00000200. The summed E-state index contributed by atoms with van der Waals surface area (Å²) in [5, 5.41) is 2.68. The molecule has 0 aromatic heterocycles. The molecule has 5 nitrogen and oxygen atoms in total. The molecule has 2 atom stereocenters. The maximum atomic E-state index is 12.2. The molecular formula is C12H22F2IN3O2. The lowest BCUT2D eigenvalue weighted by Crippen LogP contribution is -2.53. The lowest BCUT2D eigenvalue weighted by atomic mass is 10.1. The average Bonchev–Trinajstić information content (AvgIpc) is 2.93. The van der Waals surface area contributed by atoms with E-state index in [1.54, 1.807) is 7.05 Å². The Morgan fingerprint density at radius 3 is 2.70 bits per heavy atom. The van der Waals surface area contributed by atoms with Crippen LogP contribution in [0.2, 0.25) is 0 Å². The first-order chi connectivity index (χ1) is 9.20. The van der Waals surface area contributed by atoms with Gasteiger partial charge in [0.2, 0.25) is 0 Å². The van der Waals surface area contributed by atoms with Crippen LogP contribution in [0.5, 0.6) is 0 Å². The third-order valence-electron chi connectivity index (χ3n) is 3.40. The first-order valence-electron chi connectivity index (χ1n) is 6.67. The van der Waals surface area contributed by atoms with Crippen molar-refractivity contribution in [3.8, 4) is 0 Å². The third-order valence-corrected chi connectivity index (χ3v) is 3.40. The number of morpholine rings is 1. The van der Waals surface area contributed by atoms with E-state index < -0.39 is 6.43 Å². The number of nitrogens with one attached hydrogen (secondary N) is 1. The van der Waals surface area contributed by atoms with Gasteiger partial charge in [0, 0.05) is 26.7 Å². The summed E-state index contributed by atoms with van der Waals surface area (Å²) in [5.74, 6) is 0.506. The Morgan fingerprint density at radius 1 is 1.35 bits per heavy atom. The van der Waals surface area contributed by atoms with Gasteiger partial charge in [-0.3, -0.25) is 4.99 Å². The summed E-state index contributed by atoms with van der Waals surface area (Å²) in [4.78, 5) is 6.00. The van der Waals surface area contributed by atoms with Gasteiger partial charge in [0.25, 0.3) is 6.43 Å². The van der Waals surface area contributed by atoms with Gasteiger partial charge in [0.05, 0.1) is 19.3 Å². The second-order valence-corrected chi connectivity index (χ2v) is 4.73. The SMILES string of the molecule is CN=C(NCC(F)F)N1CCOC(C2CCCO2)C1.I. The van der Waals surface area contributed by atoms with Crippen LogP contribution in [0.25, 0.3) is 0 Å². The smallest absolute Gasteiger partial charge is 0.255 e. The van der Waals surface area contributed by atoms with E-state index in [2.05, 4.69) is 10.3 Å². The fourth-order valence-electron chi connectivity index (χ4n) is 2.49. The van der Waals surface area contributed by atoms with Gasteiger partial charge in [-0.15, -0.1) is 24.0 Å². The number of nitrogens with zero attached hydrogens (tertiary/aromatic N) is 2. The summed E-state index contributed by atoms with van der Waals surface area (Å²) in [5.41, 5.74) is 0. The first kappa shape index (κ1) is 17.8. The number of guanidine groups is 1. The fourth-order valence-corrected chi connectivity index (χ4v) is 2.49. The number of halogens is 3. The molecule has 0 aromatic carbocycles. The van der Waals surface area contributed by atoms with E-state index in [1.807, 2.05) is 4.90 Å². The van der Waals surface area contributed by atoms with Crippen molar-refractivity contribution in [3.63, 3.8) is 0 Å². The van der Waals surface area contributed by atoms with E-state index >= 15 is 0 Å². The van der Waals surface area contributed by atoms with Crippen LogP contribution in [0, 0.1) is 0 Å².